The lowest BCUT2D eigenvalue weighted by Gasteiger charge is -2.41. The Hall–Kier alpha value is -0.710. The summed E-state index contributed by atoms with van der Waals surface area (Å²) in [4.78, 5) is 25.4. The van der Waals surface area contributed by atoms with Gasteiger partial charge < -0.3 is 10.2 Å². The van der Waals surface area contributed by atoms with Crippen LogP contribution in [0.5, 0.6) is 0 Å². The summed E-state index contributed by atoms with van der Waals surface area (Å²) in [7, 11) is 0. The van der Waals surface area contributed by atoms with Crippen molar-refractivity contribution < 1.29 is 9.59 Å². The lowest BCUT2D eigenvalue weighted by molar-refractivity contribution is -0.144. The maximum absolute atomic E-state index is 12.1. The van der Waals surface area contributed by atoms with Gasteiger partial charge in [0.25, 0.3) is 0 Å². The molecule has 1 atom stereocenters. The van der Waals surface area contributed by atoms with E-state index in [9.17, 15) is 9.59 Å². The number of thioether (sulfide) groups is 1. The first-order valence-electron chi connectivity index (χ1n) is 6.70. The van der Waals surface area contributed by atoms with Crippen molar-refractivity contribution >= 4 is 23.6 Å². The van der Waals surface area contributed by atoms with Crippen LogP contribution in [-0.4, -0.2) is 46.8 Å². The van der Waals surface area contributed by atoms with Gasteiger partial charge >= 0.3 is 0 Å². The molecule has 1 aliphatic heterocycles. The second-order valence-corrected chi connectivity index (χ2v) is 6.71. The molecule has 2 fully saturated rings. The average Bonchev–Trinajstić information content (AvgIpc) is 2.36. The van der Waals surface area contributed by atoms with E-state index in [1.54, 1.807) is 11.8 Å². The molecule has 1 saturated heterocycles. The zero-order valence-corrected chi connectivity index (χ0v) is 12.0. The van der Waals surface area contributed by atoms with Gasteiger partial charge in [0.2, 0.25) is 11.8 Å². The molecular formula is C13H22N2O2S. The highest BCUT2D eigenvalue weighted by Crippen LogP contribution is 2.39. The van der Waals surface area contributed by atoms with Crippen molar-refractivity contribution in [2.24, 2.45) is 0 Å². The molecule has 1 heterocycles. The second kappa shape index (κ2) is 5.51. The van der Waals surface area contributed by atoms with E-state index in [-0.39, 0.29) is 29.1 Å². The molecule has 0 aromatic carbocycles. The Kier molecular flexibility index (Phi) is 4.20. The Morgan fingerprint density at radius 1 is 1.33 bits per heavy atom. The summed E-state index contributed by atoms with van der Waals surface area (Å²) in [5, 5.41) is 2.69. The zero-order valence-electron chi connectivity index (χ0n) is 11.2. The molecular weight excluding hydrogens is 248 g/mol. The molecule has 2 aliphatic rings. The number of rotatable bonds is 3. The minimum absolute atomic E-state index is 0.0332. The van der Waals surface area contributed by atoms with E-state index in [0.717, 1.165) is 19.4 Å². The van der Waals surface area contributed by atoms with Crippen LogP contribution in [0.3, 0.4) is 0 Å². The number of amides is 2. The maximum Gasteiger partial charge on any atom is 0.245 e. The molecule has 1 saturated carbocycles. The van der Waals surface area contributed by atoms with Crippen LogP contribution in [-0.2, 0) is 9.59 Å². The van der Waals surface area contributed by atoms with Gasteiger partial charge in [-0.15, -0.1) is 0 Å². The quantitative estimate of drug-likeness (QED) is 0.843. The van der Waals surface area contributed by atoms with Crippen LogP contribution < -0.4 is 5.32 Å². The third kappa shape index (κ3) is 2.82. The molecule has 0 spiro atoms. The lowest BCUT2D eigenvalue weighted by atomic mass is 9.87. The van der Waals surface area contributed by atoms with Crippen LogP contribution in [0.2, 0.25) is 0 Å². The van der Waals surface area contributed by atoms with E-state index in [4.69, 9.17) is 0 Å². The number of nitrogens with one attached hydrogen (secondary N) is 1. The second-order valence-electron chi connectivity index (χ2n) is 5.43. The van der Waals surface area contributed by atoms with Gasteiger partial charge in [0.05, 0.1) is 6.54 Å². The number of nitrogens with zero attached hydrogens (tertiary/aromatic N) is 1. The highest BCUT2D eigenvalue weighted by molar-refractivity contribution is 8.00. The fourth-order valence-electron chi connectivity index (χ4n) is 2.98. The van der Waals surface area contributed by atoms with Crippen molar-refractivity contribution in [3.05, 3.63) is 0 Å². The molecule has 0 aromatic heterocycles. The topological polar surface area (TPSA) is 49.4 Å². The highest BCUT2D eigenvalue weighted by Gasteiger charge is 2.38. The van der Waals surface area contributed by atoms with Gasteiger partial charge in [-0.3, -0.25) is 9.59 Å². The molecule has 0 aromatic rings. The number of hydrogen-bond donors (Lipinski definition) is 1. The Labute approximate surface area is 113 Å². The summed E-state index contributed by atoms with van der Waals surface area (Å²) < 4.78 is 0.172. The zero-order chi connectivity index (χ0) is 13.2. The van der Waals surface area contributed by atoms with Crippen LogP contribution in [0.15, 0.2) is 0 Å². The third-order valence-corrected chi connectivity index (χ3v) is 5.47. The van der Waals surface area contributed by atoms with E-state index in [1.165, 1.54) is 19.3 Å². The Balaban J connectivity index is 2.06. The molecule has 102 valence electrons. The molecule has 0 bridgehead atoms. The molecule has 5 heteroatoms. The number of piperazine rings is 1. The smallest absolute Gasteiger partial charge is 0.245 e. The molecule has 2 rings (SSSR count). The van der Waals surface area contributed by atoms with Crippen molar-refractivity contribution in [2.45, 2.75) is 49.8 Å². The molecule has 1 N–H and O–H groups in total. The van der Waals surface area contributed by atoms with Crippen LogP contribution in [0.25, 0.3) is 0 Å². The predicted octanol–water partition coefficient (Wildman–Crippen LogP) is 1.40. The third-order valence-electron chi connectivity index (χ3n) is 4.07. The average molecular weight is 270 g/mol. The normalized spacial score (nSPS) is 28.1. The van der Waals surface area contributed by atoms with Crippen molar-refractivity contribution in [1.29, 1.82) is 0 Å². The van der Waals surface area contributed by atoms with Gasteiger partial charge in [-0.25, -0.2) is 0 Å². The molecule has 2 amide bonds. The van der Waals surface area contributed by atoms with Crippen LogP contribution in [0.4, 0.5) is 0 Å². The van der Waals surface area contributed by atoms with Gasteiger partial charge in [-0.2, -0.15) is 11.8 Å². The minimum atomic E-state index is -0.367. The lowest BCUT2D eigenvalue weighted by Crippen LogP contribution is -2.59. The fourth-order valence-corrected chi connectivity index (χ4v) is 3.96. The van der Waals surface area contributed by atoms with Crippen LogP contribution in [0.1, 0.15) is 39.0 Å². The first-order valence-corrected chi connectivity index (χ1v) is 7.92. The van der Waals surface area contributed by atoms with E-state index in [1.807, 2.05) is 11.8 Å². The standard InChI is InChI=1S/C13H22N2O2S/c1-10-12(17)15(8-11(16)14-10)9-13(18-2)6-4-3-5-7-13/h10H,3-9H2,1-2H3,(H,14,16). The van der Waals surface area contributed by atoms with Gasteiger partial charge in [-0.1, -0.05) is 19.3 Å². The number of hydrogen-bond acceptors (Lipinski definition) is 3. The summed E-state index contributed by atoms with van der Waals surface area (Å²) >= 11 is 1.87. The highest BCUT2D eigenvalue weighted by atomic mass is 32.2. The van der Waals surface area contributed by atoms with E-state index < -0.39 is 0 Å². The Bertz CT molecular complexity index is 340. The predicted molar refractivity (Wildman–Crippen MR) is 73.5 cm³/mol. The first-order chi connectivity index (χ1) is 8.56. The summed E-state index contributed by atoms with van der Waals surface area (Å²) in [6.07, 6.45) is 8.23. The number of carbonyl (C=O) groups is 2. The van der Waals surface area contributed by atoms with Crippen molar-refractivity contribution in [3.63, 3.8) is 0 Å². The SMILES string of the molecule is CSC1(CN2CC(=O)NC(C)C2=O)CCCCC1. The summed E-state index contributed by atoms with van der Waals surface area (Å²) in [5.74, 6) is 0.0303. The summed E-state index contributed by atoms with van der Waals surface area (Å²) in [5.41, 5.74) is 0. The van der Waals surface area contributed by atoms with E-state index in [0.29, 0.717) is 0 Å². The van der Waals surface area contributed by atoms with E-state index in [2.05, 4.69) is 11.6 Å². The molecule has 4 nitrogen and oxygen atoms in total. The Morgan fingerprint density at radius 2 is 2.00 bits per heavy atom. The monoisotopic (exact) mass is 270 g/mol. The van der Waals surface area contributed by atoms with Crippen molar-refractivity contribution in [1.82, 2.24) is 10.2 Å². The van der Waals surface area contributed by atoms with Gasteiger partial charge in [0.1, 0.15) is 6.04 Å². The summed E-state index contributed by atoms with van der Waals surface area (Å²) in [6.45, 7) is 2.72. The molecule has 0 radical (unpaired) electrons. The van der Waals surface area contributed by atoms with Gasteiger partial charge in [0, 0.05) is 11.3 Å². The van der Waals surface area contributed by atoms with Gasteiger partial charge in [-0.05, 0) is 26.0 Å². The molecule has 18 heavy (non-hydrogen) atoms. The van der Waals surface area contributed by atoms with Gasteiger partial charge in [0.15, 0.2) is 0 Å². The summed E-state index contributed by atoms with van der Waals surface area (Å²) in [6, 6.07) is -0.367. The Morgan fingerprint density at radius 3 is 2.61 bits per heavy atom. The van der Waals surface area contributed by atoms with Crippen molar-refractivity contribution in [3.8, 4) is 0 Å². The van der Waals surface area contributed by atoms with Crippen molar-refractivity contribution in [2.75, 3.05) is 19.3 Å². The fraction of sp³-hybridized carbons (Fsp3) is 0.846. The number of carbonyl (C=O) groups excluding carboxylic acids is 2. The first kappa shape index (κ1) is 13.7. The molecule has 1 unspecified atom stereocenters. The molecule has 1 aliphatic carbocycles. The van der Waals surface area contributed by atoms with Crippen LogP contribution in [0, 0.1) is 0 Å². The van der Waals surface area contributed by atoms with Crippen LogP contribution >= 0.6 is 11.8 Å². The maximum atomic E-state index is 12.1. The largest absolute Gasteiger partial charge is 0.343 e. The van der Waals surface area contributed by atoms with E-state index >= 15 is 0 Å². The minimum Gasteiger partial charge on any atom is -0.343 e.